The van der Waals surface area contributed by atoms with Gasteiger partial charge in [-0.05, 0) is 30.5 Å². The van der Waals surface area contributed by atoms with Gasteiger partial charge in [0.1, 0.15) is 0 Å². The number of hydrogen-bond acceptors (Lipinski definition) is 3. The number of hydrogen-bond donors (Lipinski definition) is 3. The lowest BCUT2D eigenvalue weighted by Crippen LogP contribution is -2.31. The number of nitrogens with one attached hydrogen (secondary N) is 1. The Morgan fingerprint density at radius 1 is 1.37 bits per heavy atom. The first-order valence-corrected chi connectivity index (χ1v) is 6.20. The number of rotatable bonds is 5. The van der Waals surface area contributed by atoms with Crippen molar-refractivity contribution in [1.82, 2.24) is 0 Å². The van der Waals surface area contributed by atoms with Crippen LogP contribution in [0.4, 0.5) is 5.69 Å². The molecule has 0 aromatic heterocycles. The number of aryl methyl sites for hydroxylation is 1. The Balaban J connectivity index is 2.75. The van der Waals surface area contributed by atoms with Gasteiger partial charge in [-0.2, -0.15) is 0 Å². The smallest absolute Gasteiger partial charge is 0.336 e. The fraction of sp³-hybridized carbons (Fsp3) is 0.429. The van der Waals surface area contributed by atoms with E-state index in [9.17, 15) is 9.59 Å². The maximum atomic E-state index is 11.8. The van der Waals surface area contributed by atoms with E-state index >= 15 is 0 Å². The zero-order chi connectivity index (χ0) is 14.6. The molecule has 0 aliphatic heterocycles. The Morgan fingerprint density at radius 2 is 2.00 bits per heavy atom. The first kappa shape index (κ1) is 15.2. The number of amides is 1. The van der Waals surface area contributed by atoms with Crippen LogP contribution in [0.1, 0.15) is 36.2 Å². The molecule has 0 heterocycles. The lowest BCUT2D eigenvalue weighted by molar-refractivity contribution is -0.116. The van der Waals surface area contributed by atoms with Crippen molar-refractivity contribution in [2.75, 3.05) is 5.32 Å². The second-order valence-electron chi connectivity index (χ2n) is 5.00. The summed E-state index contributed by atoms with van der Waals surface area (Å²) in [6, 6.07) is 4.60. The molecule has 19 heavy (non-hydrogen) atoms. The highest BCUT2D eigenvalue weighted by Crippen LogP contribution is 2.16. The molecule has 1 amide bonds. The Hall–Kier alpha value is -1.88. The van der Waals surface area contributed by atoms with Gasteiger partial charge in [-0.3, -0.25) is 4.79 Å². The molecule has 1 unspecified atom stereocenters. The van der Waals surface area contributed by atoms with E-state index in [-0.39, 0.29) is 29.9 Å². The zero-order valence-electron chi connectivity index (χ0n) is 11.4. The van der Waals surface area contributed by atoms with Crippen molar-refractivity contribution in [2.45, 2.75) is 33.2 Å². The fourth-order valence-electron chi connectivity index (χ4n) is 1.59. The Bertz CT molecular complexity index is 484. The van der Waals surface area contributed by atoms with Gasteiger partial charge < -0.3 is 16.2 Å². The number of aromatic carboxylic acids is 1. The van der Waals surface area contributed by atoms with Crippen LogP contribution in [0.5, 0.6) is 0 Å². The molecule has 1 aromatic carbocycles. The molecule has 0 bridgehead atoms. The number of benzene rings is 1. The van der Waals surface area contributed by atoms with Gasteiger partial charge >= 0.3 is 5.97 Å². The van der Waals surface area contributed by atoms with E-state index in [1.807, 2.05) is 13.8 Å². The monoisotopic (exact) mass is 264 g/mol. The standard InChI is InChI=1S/C14H20N2O3/c1-8(2)12(15)7-13(17)16-10-5-4-9(3)11(6-10)14(18)19/h4-6,8,12H,7,15H2,1-3H3,(H,16,17)(H,18,19). The number of carbonyl (C=O) groups excluding carboxylic acids is 1. The summed E-state index contributed by atoms with van der Waals surface area (Å²) < 4.78 is 0. The van der Waals surface area contributed by atoms with Crippen molar-refractivity contribution in [2.24, 2.45) is 11.7 Å². The first-order chi connectivity index (χ1) is 8.81. The number of carbonyl (C=O) groups is 2. The predicted molar refractivity (Wildman–Crippen MR) is 74.2 cm³/mol. The molecule has 0 aliphatic rings. The topological polar surface area (TPSA) is 92.4 Å². The quantitative estimate of drug-likeness (QED) is 0.758. The van der Waals surface area contributed by atoms with Crippen LogP contribution in [0.3, 0.4) is 0 Å². The van der Waals surface area contributed by atoms with Crippen LogP contribution in [0.2, 0.25) is 0 Å². The van der Waals surface area contributed by atoms with Gasteiger partial charge in [0.15, 0.2) is 0 Å². The van der Waals surface area contributed by atoms with E-state index in [2.05, 4.69) is 5.32 Å². The highest BCUT2D eigenvalue weighted by molar-refractivity contribution is 5.94. The van der Waals surface area contributed by atoms with Crippen LogP contribution in [0.25, 0.3) is 0 Å². The molecule has 0 radical (unpaired) electrons. The van der Waals surface area contributed by atoms with Crippen LogP contribution in [0, 0.1) is 12.8 Å². The third-order valence-corrected chi connectivity index (χ3v) is 3.03. The van der Waals surface area contributed by atoms with Gasteiger partial charge in [0.25, 0.3) is 0 Å². The number of carboxylic acids is 1. The minimum Gasteiger partial charge on any atom is -0.478 e. The summed E-state index contributed by atoms with van der Waals surface area (Å²) in [7, 11) is 0. The van der Waals surface area contributed by atoms with Gasteiger partial charge in [-0.15, -0.1) is 0 Å². The molecule has 5 heteroatoms. The Kier molecular flexibility index (Phi) is 5.06. The molecule has 1 aromatic rings. The maximum absolute atomic E-state index is 11.8. The van der Waals surface area contributed by atoms with Crippen molar-refractivity contribution in [3.05, 3.63) is 29.3 Å². The third kappa shape index (κ3) is 4.37. The first-order valence-electron chi connectivity index (χ1n) is 6.20. The zero-order valence-corrected chi connectivity index (χ0v) is 11.4. The molecule has 0 saturated heterocycles. The van der Waals surface area contributed by atoms with E-state index in [1.165, 1.54) is 6.07 Å². The van der Waals surface area contributed by atoms with Gasteiger partial charge in [0.2, 0.25) is 5.91 Å². The van der Waals surface area contributed by atoms with Gasteiger partial charge in [-0.25, -0.2) is 4.79 Å². The summed E-state index contributed by atoms with van der Waals surface area (Å²) in [5.74, 6) is -0.993. The highest BCUT2D eigenvalue weighted by atomic mass is 16.4. The predicted octanol–water partition coefficient (Wildman–Crippen LogP) is 2.01. The molecule has 104 valence electrons. The van der Waals surface area contributed by atoms with E-state index in [1.54, 1.807) is 19.1 Å². The second-order valence-corrected chi connectivity index (χ2v) is 5.00. The van der Waals surface area contributed by atoms with Crippen LogP contribution in [-0.2, 0) is 4.79 Å². The second kappa shape index (κ2) is 6.33. The molecule has 1 atom stereocenters. The Morgan fingerprint density at radius 3 is 2.53 bits per heavy atom. The van der Waals surface area contributed by atoms with E-state index in [0.717, 1.165) is 0 Å². The summed E-state index contributed by atoms with van der Waals surface area (Å²) >= 11 is 0. The van der Waals surface area contributed by atoms with E-state index in [4.69, 9.17) is 10.8 Å². The molecule has 0 spiro atoms. The maximum Gasteiger partial charge on any atom is 0.336 e. The normalized spacial score (nSPS) is 12.3. The molecule has 5 nitrogen and oxygen atoms in total. The number of nitrogens with two attached hydrogens (primary N) is 1. The number of carboxylic acid groups (broad SMARTS) is 1. The minimum absolute atomic E-state index is 0.186. The van der Waals surface area contributed by atoms with Crippen molar-refractivity contribution in [3.63, 3.8) is 0 Å². The van der Waals surface area contributed by atoms with Crippen molar-refractivity contribution in [3.8, 4) is 0 Å². The molecule has 1 rings (SSSR count). The molecular weight excluding hydrogens is 244 g/mol. The Labute approximate surface area is 112 Å². The van der Waals surface area contributed by atoms with Crippen LogP contribution >= 0.6 is 0 Å². The SMILES string of the molecule is Cc1ccc(NC(=O)CC(N)C(C)C)cc1C(=O)O. The summed E-state index contributed by atoms with van der Waals surface area (Å²) in [6.07, 6.45) is 0.216. The van der Waals surface area contributed by atoms with Gasteiger partial charge in [0, 0.05) is 18.2 Å². The fourth-order valence-corrected chi connectivity index (χ4v) is 1.59. The third-order valence-electron chi connectivity index (χ3n) is 3.03. The summed E-state index contributed by atoms with van der Waals surface area (Å²) in [4.78, 5) is 22.7. The molecule has 4 N–H and O–H groups in total. The van der Waals surface area contributed by atoms with Crippen molar-refractivity contribution in [1.29, 1.82) is 0 Å². The van der Waals surface area contributed by atoms with Crippen LogP contribution in [0.15, 0.2) is 18.2 Å². The lowest BCUT2D eigenvalue weighted by atomic mass is 10.0. The summed E-state index contributed by atoms with van der Waals surface area (Å²) in [5, 5.41) is 11.7. The molecule has 0 saturated carbocycles. The average Bonchev–Trinajstić information content (AvgIpc) is 2.30. The van der Waals surface area contributed by atoms with Crippen LogP contribution < -0.4 is 11.1 Å². The lowest BCUT2D eigenvalue weighted by Gasteiger charge is -2.15. The van der Waals surface area contributed by atoms with Gasteiger partial charge in [0.05, 0.1) is 5.56 Å². The summed E-state index contributed by atoms with van der Waals surface area (Å²) in [6.45, 7) is 5.61. The minimum atomic E-state index is -1.01. The average molecular weight is 264 g/mol. The summed E-state index contributed by atoms with van der Waals surface area (Å²) in [5.41, 5.74) is 7.14. The highest BCUT2D eigenvalue weighted by Gasteiger charge is 2.14. The largest absolute Gasteiger partial charge is 0.478 e. The van der Waals surface area contributed by atoms with E-state index in [0.29, 0.717) is 11.3 Å². The molecule has 0 aliphatic carbocycles. The number of anilines is 1. The van der Waals surface area contributed by atoms with Crippen molar-refractivity contribution < 1.29 is 14.7 Å². The van der Waals surface area contributed by atoms with E-state index < -0.39 is 5.97 Å². The van der Waals surface area contributed by atoms with Crippen LogP contribution in [-0.4, -0.2) is 23.0 Å². The molecule has 0 fully saturated rings. The van der Waals surface area contributed by atoms with Crippen molar-refractivity contribution >= 4 is 17.6 Å². The van der Waals surface area contributed by atoms with Gasteiger partial charge in [-0.1, -0.05) is 19.9 Å². The molecular formula is C14H20N2O3.